The van der Waals surface area contributed by atoms with Crippen LogP contribution in [-0.4, -0.2) is 19.1 Å². The predicted octanol–water partition coefficient (Wildman–Crippen LogP) is 3.92. The van der Waals surface area contributed by atoms with Crippen LogP contribution in [0.25, 0.3) is 21.5 Å². The summed E-state index contributed by atoms with van der Waals surface area (Å²) in [4.78, 5) is 11.0. The molecule has 0 aliphatic carbocycles. The van der Waals surface area contributed by atoms with Gasteiger partial charge >= 0.3 is 5.69 Å². The van der Waals surface area contributed by atoms with Crippen LogP contribution >= 0.6 is 0 Å². The van der Waals surface area contributed by atoms with Gasteiger partial charge in [-0.3, -0.25) is 10.1 Å². The van der Waals surface area contributed by atoms with E-state index in [2.05, 4.69) is 0 Å². The highest BCUT2D eigenvalue weighted by atomic mass is 16.6. The second-order valence-electron chi connectivity index (χ2n) is 4.60. The minimum Gasteiger partial charge on any atom is -0.496 e. The monoisotopic (exact) mass is 283 g/mol. The van der Waals surface area contributed by atoms with E-state index in [9.17, 15) is 10.1 Å². The average molecular weight is 283 g/mol. The first-order valence-electron chi connectivity index (χ1n) is 6.38. The SMILES string of the molecule is COc1cc(OC)c2c(ccc3ccccc32)c1[N+](=O)[O-]. The first-order valence-corrected chi connectivity index (χ1v) is 6.38. The topological polar surface area (TPSA) is 61.6 Å². The Kier molecular flexibility index (Phi) is 3.10. The van der Waals surface area contributed by atoms with Gasteiger partial charge in [0.05, 0.1) is 24.5 Å². The van der Waals surface area contributed by atoms with Crippen LogP contribution in [0.3, 0.4) is 0 Å². The number of rotatable bonds is 3. The maximum Gasteiger partial charge on any atom is 0.318 e. The number of nitro groups is 1. The van der Waals surface area contributed by atoms with Crippen LogP contribution in [0.1, 0.15) is 0 Å². The van der Waals surface area contributed by atoms with E-state index in [1.54, 1.807) is 19.2 Å². The molecule has 0 atom stereocenters. The summed E-state index contributed by atoms with van der Waals surface area (Å²) in [7, 11) is 2.95. The number of fused-ring (bicyclic) bond motifs is 3. The molecule has 0 saturated carbocycles. The van der Waals surface area contributed by atoms with E-state index in [4.69, 9.17) is 9.47 Å². The normalized spacial score (nSPS) is 10.8. The fourth-order valence-electron chi connectivity index (χ4n) is 2.63. The molecule has 0 fully saturated rings. The summed E-state index contributed by atoms with van der Waals surface area (Å²) < 4.78 is 10.6. The molecule has 0 amide bonds. The first-order chi connectivity index (χ1) is 10.2. The predicted molar refractivity (Wildman–Crippen MR) is 81.2 cm³/mol. The molecule has 0 heterocycles. The van der Waals surface area contributed by atoms with Crippen LogP contribution in [0.15, 0.2) is 42.5 Å². The average Bonchev–Trinajstić information content (AvgIpc) is 2.52. The summed E-state index contributed by atoms with van der Waals surface area (Å²) in [6, 6.07) is 12.9. The van der Waals surface area contributed by atoms with Gasteiger partial charge in [0.25, 0.3) is 0 Å². The molecule has 106 valence electrons. The molecule has 5 heteroatoms. The molecule has 0 unspecified atom stereocenters. The van der Waals surface area contributed by atoms with Gasteiger partial charge in [-0.2, -0.15) is 0 Å². The van der Waals surface area contributed by atoms with E-state index in [0.717, 1.165) is 16.2 Å². The molecule has 3 rings (SSSR count). The number of hydrogen-bond donors (Lipinski definition) is 0. The van der Waals surface area contributed by atoms with Gasteiger partial charge in [0.15, 0.2) is 0 Å². The lowest BCUT2D eigenvalue weighted by molar-refractivity contribution is -0.383. The van der Waals surface area contributed by atoms with E-state index >= 15 is 0 Å². The minimum absolute atomic E-state index is 0.0425. The maximum atomic E-state index is 11.4. The Balaban J connectivity index is 2.58. The Hall–Kier alpha value is -2.82. The fraction of sp³-hybridized carbons (Fsp3) is 0.125. The largest absolute Gasteiger partial charge is 0.496 e. The lowest BCUT2D eigenvalue weighted by atomic mass is 9.99. The van der Waals surface area contributed by atoms with Crippen molar-refractivity contribution in [2.75, 3.05) is 14.2 Å². The van der Waals surface area contributed by atoms with Gasteiger partial charge in [-0.15, -0.1) is 0 Å². The summed E-state index contributed by atoms with van der Waals surface area (Å²) in [6.07, 6.45) is 0. The summed E-state index contributed by atoms with van der Waals surface area (Å²) in [6.45, 7) is 0. The molecule has 3 aromatic carbocycles. The lowest BCUT2D eigenvalue weighted by Crippen LogP contribution is -1.97. The lowest BCUT2D eigenvalue weighted by Gasteiger charge is -2.12. The molecular formula is C16H13NO4. The molecule has 0 bridgehead atoms. The third-order valence-corrected chi connectivity index (χ3v) is 3.55. The third-order valence-electron chi connectivity index (χ3n) is 3.55. The van der Waals surface area contributed by atoms with Crippen LogP contribution in [0.2, 0.25) is 0 Å². The van der Waals surface area contributed by atoms with Crippen molar-refractivity contribution >= 4 is 27.2 Å². The molecule has 0 spiro atoms. The van der Waals surface area contributed by atoms with Crippen molar-refractivity contribution < 1.29 is 14.4 Å². The highest BCUT2D eigenvalue weighted by molar-refractivity contribution is 6.14. The van der Waals surface area contributed by atoms with Crippen LogP contribution in [0, 0.1) is 10.1 Å². The van der Waals surface area contributed by atoms with Crippen LogP contribution in [0.5, 0.6) is 11.5 Å². The van der Waals surface area contributed by atoms with E-state index in [0.29, 0.717) is 11.1 Å². The number of ether oxygens (including phenoxy) is 2. The molecule has 0 saturated heterocycles. The van der Waals surface area contributed by atoms with Crippen molar-refractivity contribution in [2.24, 2.45) is 0 Å². The fourth-order valence-corrected chi connectivity index (χ4v) is 2.63. The van der Waals surface area contributed by atoms with E-state index < -0.39 is 4.92 Å². The Morgan fingerprint density at radius 1 is 0.952 bits per heavy atom. The van der Waals surface area contributed by atoms with Crippen LogP contribution in [-0.2, 0) is 0 Å². The Labute approximate surface area is 120 Å². The second-order valence-corrected chi connectivity index (χ2v) is 4.60. The molecule has 0 N–H and O–H groups in total. The van der Waals surface area contributed by atoms with Crippen molar-refractivity contribution in [3.8, 4) is 11.5 Å². The van der Waals surface area contributed by atoms with E-state index in [-0.39, 0.29) is 11.4 Å². The smallest absolute Gasteiger partial charge is 0.318 e. The molecule has 3 aromatic rings. The van der Waals surface area contributed by atoms with Gasteiger partial charge in [0.1, 0.15) is 5.75 Å². The standard InChI is InChI=1S/C16H13NO4/c1-20-13-9-14(21-2)16(17(18)19)12-8-7-10-5-3-4-6-11(10)15(12)13/h3-9H,1-2H3. The Bertz CT molecular complexity index is 858. The number of nitrogens with zero attached hydrogens (tertiary/aromatic N) is 1. The van der Waals surface area contributed by atoms with Crippen LogP contribution < -0.4 is 9.47 Å². The molecule has 21 heavy (non-hydrogen) atoms. The molecular weight excluding hydrogens is 270 g/mol. The summed E-state index contributed by atoms with van der Waals surface area (Å²) >= 11 is 0. The van der Waals surface area contributed by atoms with Gasteiger partial charge in [-0.25, -0.2) is 0 Å². The highest BCUT2D eigenvalue weighted by Gasteiger charge is 2.23. The third kappa shape index (κ3) is 1.94. The van der Waals surface area contributed by atoms with Crippen molar-refractivity contribution in [3.63, 3.8) is 0 Å². The molecule has 5 nitrogen and oxygen atoms in total. The summed E-state index contributed by atoms with van der Waals surface area (Å²) in [5, 5.41) is 14.6. The maximum absolute atomic E-state index is 11.4. The van der Waals surface area contributed by atoms with Crippen LogP contribution in [0.4, 0.5) is 5.69 Å². The molecule has 0 aliphatic rings. The van der Waals surface area contributed by atoms with Gasteiger partial charge < -0.3 is 9.47 Å². The zero-order valence-electron chi connectivity index (χ0n) is 11.6. The minimum atomic E-state index is -0.421. The second kappa shape index (κ2) is 4.94. The van der Waals surface area contributed by atoms with Crippen molar-refractivity contribution in [3.05, 3.63) is 52.6 Å². The van der Waals surface area contributed by atoms with Gasteiger partial charge in [0, 0.05) is 11.5 Å². The summed E-state index contributed by atoms with van der Waals surface area (Å²) in [5.41, 5.74) is -0.0425. The number of methoxy groups -OCH3 is 2. The number of nitro benzene ring substituents is 1. The quantitative estimate of drug-likeness (QED) is 0.415. The van der Waals surface area contributed by atoms with Gasteiger partial charge in [0.2, 0.25) is 5.75 Å². The highest BCUT2D eigenvalue weighted by Crippen LogP contribution is 2.43. The van der Waals surface area contributed by atoms with Crippen molar-refractivity contribution in [1.82, 2.24) is 0 Å². The van der Waals surface area contributed by atoms with Gasteiger partial charge in [-0.05, 0) is 16.8 Å². The Morgan fingerprint density at radius 2 is 1.67 bits per heavy atom. The molecule has 0 aliphatic heterocycles. The summed E-state index contributed by atoms with van der Waals surface area (Å²) in [5.74, 6) is 0.754. The molecule has 0 radical (unpaired) electrons. The number of benzene rings is 3. The first kappa shape index (κ1) is 13.2. The van der Waals surface area contributed by atoms with Crippen molar-refractivity contribution in [2.45, 2.75) is 0 Å². The van der Waals surface area contributed by atoms with Gasteiger partial charge in [-0.1, -0.05) is 30.3 Å². The molecule has 0 aromatic heterocycles. The van der Waals surface area contributed by atoms with E-state index in [1.165, 1.54) is 7.11 Å². The van der Waals surface area contributed by atoms with E-state index in [1.807, 2.05) is 30.3 Å². The number of hydrogen-bond acceptors (Lipinski definition) is 4. The van der Waals surface area contributed by atoms with Crippen molar-refractivity contribution in [1.29, 1.82) is 0 Å². The zero-order valence-corrected chi connectivity index (χ0v) is 11.6. The zero-order chi connectivity index (χ0) is 15.0. The Morgan fingerprint density at radius 3 is 2.33 bits per heavy atom.